The van der Waals surface area contributed by atoms with Gasteiger partial charge in [0.25, 0.3) is 10.2 Å². The van der Waals surface area contributed by atoms with Gasteiger partial charge in [-0.15, -0.1) is 0 Å². The largest absolute Gasteiger partial charge is 0.389 e. The Morgan fingerprint density at radius 1 is 1.36 bits per heavy atom. The normalized spacial score (nSPS) is 27.8. The number of hydrogen-bond donors (Lipinski definition) is 1. The highest BCUT2D eigenvalue weighted by Crippen LogP contribution is 2.37. The number of nitrogens with zero attached hydrogens (tertiary/aromatic N) is 5. The van der Waals surface area contributed by atoms with Crippen molar-refractivity contribution in [3.63, 3.8) is 0 Å². The van der Waals surface area contributed by atoms with E-state index in [0.29, 0.717) is 43.9 Å². The fourth-order valence-corrected chi connectivity index (χ4v) is 4.73. The summed E-state index contributed by atoms with van der Waals surface area (Å²) in [7, 11) is -0.463. The van der Waals surface area contributed by atoms with Gasteiger partial charge in [0.05, 0.1) is 17.2 Å². The van der Waals surface area contributed by atoms with Crippen LogP contribution < -0.4 is 4.90 Å². The number of anilines is 1. The number of hydrogen-bond acceptors (Lipinski definition) is 6. The summed E-state index contributed by atoms with van der Waals surface area (Å²) in [6.45, 7) is 1.76. The second kappa shape index (κ2) is 6.53. The van der Waals surface area contributed by atoms with Gasteiger partial charge < -0.3 is 10.0 Å². The number of pyridine rings is 1. The van der Waals surface area contributed by atoms with E-state index in [1.165, 1.54) is 22.7 Å². The minimum absolute atomic E-state index is 0.197. The van der Waals surface area contributed by atoms with Crippen molar-refractivity contribution in [3.05, 3.63) is 23.9 Å². The molecule has 1 aromatic heterocycles. The lowest BCUT2D eigenvalue weighted by Gasteiger charge is -2.50. The first kappa shape index (κ1) is 18.1. The molecule has 0 bridgehead atoms. The van der Waals surface area contributed by atoms with Crippen molar-refractivity contribution in [1.29, 1.82) is 5.26 Å². The molecule has 0 aromatic carbocycles. The SMILES string of the molecule is CN(C)S(=O)(=O)N1CC[C@@]2(O)CCN(c3cc(C#N)ccn3)C[C@H]2C1. The number of rotatable bonds is 3. The number of fused-ring (bicyclic) bond motifs is 1. The Bertz CT molecular complexity index is 791. The summed E-state index contributed by atoms with van der Waals surface area (Å²) in [6.07, 6.45) is 2.59. The van der Waals surface area contributed by atoms with Crippen LogP contribution in [0.4, 0.5) is 5.82 Å². The molecular formula is C16H23N5O3S. The molecule has 9 heteroatoms. The summed E-state index contributed by atoms with van der Waals surface area (Å²) >= 11 is 0. The van der Waals surface area contributed by atoms with Crippen LogP contribution >= 0.6 is 0 Å². The quantitative estimate of drug-likeness (QED) is 0.811. The first-order valence-corrected chi connectivity index (χ1v) is 9.67. The highest BCUT2D eigenvalue weighted by molar-refractivity contribution is 7.86. The fraction of sp³-hybridized carbons (Fsp3) is 0.625. The molecule has 0 saturated carbocycles. The topological polar surface area (TPSA) is 101 Å². The van der Waals surface area contributed by atoms with Crippen LogP contribution in [0.2, 0.25) is 0 Å². The number of piperidine rings is 2. The van der Waals surface area contributed by atoms with Gasteiger partial charge in [0, 0.05) is 52.4 Å². The maximum Gasteiger partial charge on any atom is 0.281 e. The average Bonchev–Trinajstić information content (AvgIpc) is 2.60. The zero-order chi connectivity index (χ0) is 18.2. The van der Waals surface area contributed by atoms with Crippen LogP contribution in [0.15, 0.2) is 18.3 Å². The number of nitriles is 1. The zero-order valence-corrected chi connectivity index (χ0v) is 15.3. The molecular weight excluding hydrogens is 342 g/mol. The molecule has 2 saturated heterocycles. The maximum atomic E-state index is 12.4. The van der Waals surface area contributed by atoms with Gasteiger partial charge in [-0.05, 0) is 25.0 Å². The Balaban J connectivity index is 1.80. The monoisotopic (exact) mass is 365 g/mol. The molecule has 3 heterocycles. The van der Waals surface area contributed by atoms with Crippen molar-refractivity contribution >= 4 is 16.0 Å². The van der Waals surface area contributed by atoms with Crippen molar-refractivity contribution in [1.82, 2.24) is 13.6 Å². The lowest BCUT2D eigenvalue weighted by molar-refractivity contribution is -0.0694. The van der Waals surface area contributed by atoms with E-state index < -0.39 is 15.8 Å². The summed E-state index contributed by atoms with van der Waals surface area (Å²) < 4.78 is 27.5. The second-order valence-electron chi connectivity index (χ2n) is 6.91. The van der Waals surface area contributed by atoms with Gasteiger partial charge in [0.1, 0.15) is 5.82 Å². The summed E-state index contributed by atoms with van der Waals surface area (Å²) in [5, 5.41) is 20.0. The van der Waals surface area contributed by atoms with E-state index in [-0.39, 0.29) is 12.5 Å². The third-order valence-corrected chi connectivity index (χ3v) is 7.13. The molecule has 0 amide bonds. The highest BCUT2D eigenvalue weighted by Gasteiger charge is 2.47. The van der Waals surface area contributed by atoms with E-state index in [1.807, 2.05) is 4.90 Å². The maximum absolute atomic E-state index is 12.4. The first-order chi connectivity index (χ1) is 11.8. The third-order valence-electron chi connectivity index (χ3n) is 5.22. The van der Waals surface area contributed by atoms with E-state index >= 15 is 0 Å². The zero-order valence-electron chi connectivity index (χ0n) is 14.5. The molecule has 1 aromatic rings. The van der Waals surface area contributed by atoms with Gasteiger partial charge in [-0.25, -0.2) is 4.98 Å². The molecule has 25 heavy (non-hydrogen) atoms. The van der Waals surface area contributed by atoms with Crippen LogP contribution in [-0.4, -0.2) is 73.0 Å². The standard InChI is InChI=1S/C16H23N5O3S/c1-19(2)25(23,24)21-8-5-16(22)4-7-20(11-14(16)12-21)15-9-13(10-17)3-6-18-15/h3,6,9,14,22H,4-5,7-8,11-12H2,1-2H3/t14-,16-/m0/s1. The Morgan fingerprint density at radius 3 is 2.76 bits per heavy atom. The molecule has 0 spiro atoms. The van der Waals surface area contributed by atoms with Gasteiger partial charge in [-0.3, -0.25) is 0 Å². The number of aromatic nitrogens is 1. The summed E-state index contributed by atoms with van der Waals surface area (Å²) in [4.78, 5) is 6.34. The van der Waals surface area contributed by atoms with E-state index in [9.17, 15) is 13.5 Å². The lowest BCUT2D eigenvalue weighted by Crippen LogP contribution is -2.61. The van der Waals surface area contributed by atoms with Crippen molar-refractivity contribution in [2.75, 3.05) is 45.2 Å². The van der Waals surface area contributed by atoms with E-state index in [1.54, 1.807) is 18.3 Å². The van der Waals surface area contributed by atoms with E-state index in [4.69, 9.17) is 5.26 Å². The minimum Gasteiger partial charge on any atom is -0.389 e. The van der Waals surface area contributed by atoms with Crippen molar-refractivity contribution in [2.24, 2.45) is 5.92 Å². The van der Waals surface area contributed by atoms with Crippen molar-refractivity contribution in [3.8, 4) is 6.07 Å². The molecule has 0 aliphatic carbocycles. The van der Waals surface area contributed by atoms with Crippen LogP contribution in [0.1, 0.15) is 18.4 Å². The minimum atomic E-state index is -3.49. The molecule has 8 nitrogen and oxygen atoms in total. The van der Waals surface area contributed by atoms with E-state index in [2.05, 4.69) is 11.1 Å². The molecule has 3 rings (SSSR count). The van der Waals surface area contributed by atoms with E-state index in [0.717, 1.165) is 0 Å². The Labute approximate surface area is 148 Å². The Morgan fingerprint density at radius 2 is 2.08 bits per heavy atom. The first-order valence-electron chi connectivity index (χ1n) is 8.27. The molecule has 2 aliphatic rings. The smallest absolute Gasteiger partial charge is 0.281 e. The Kier molecular flexibility index (Phi) is 4.72. The number of aliphatic hydroxyl groups is 1. The lowest BCUT2D eigenvalue weighted by atomic mass is 9.76. The summed E-state index contributed by atoms with van der Waals surface area (Å²) in [5.74, 6) is 0.492. The molecule has 136 valence electrons. The van der Waals surface area contributed by atoms with Crippen LogP contribution in [-0.2, 0) is 10.2 Å². The molecule has 2 aliphatic heterocycles. The van der Waals surface area contributed by atoms with Crippen LogP contribution in [0.25, 0.3) is 0 Å². The average molecular weight is 365 g/mol. The molecule has 2 atom stereocenters. The van der Waals surface area contributed by atoms with Crippen LogP contribution in [0, 0.1) is 17.2 Å². The Hall–Kier alpha value is -1.73. The molecule has 0 unspecified atom stereocenters. The van der Waals surface area contributed by atoms with Crippen molar-refractivity contribution < 1.29 is 13.5 Å². The predicted molar refractivity (Wildman–Crippen MR) is 93.0 cm³/mol. The third kappa shape index (κ3) is 3.35. The van der Waals surface area contributed by atoms with Gasteiger partial charge in [-0.2, -0.15) is 22.3 Å². The highest BCUT2D eigenvalue weighted by atomic mass is 32.2. The predicted octanol–water partition coefficient (Wildman–Crippen LogP) is 0.0228. The van der Waals surface area contributed by atoms with Crippen LogP contribution in [0.3, 0.4) is 0 Å². The van der Waals surface area contributed by atoms with Crippen LogP contribution in [0.5, 0.6) is 0 Å². The molecule has 1 N–H and O–H groups in total. The van der Waals surface area contributed by atoms with Gasteiger partial charge in [-0.1, -0.05) is 0 Å². The molecule has 0 radical (unpaired) electrons. The second-order valence-corrected chi connectivity index (χ2v) is 9.05. The van der Waals surface area contributed by atoms with Crippen molar-refractivity contribution in [2.45, 2.75) is 18.4 Å². The molecule has 2 fully saturated rings. The fourth-order valence-electron chi connectivity index (χ4n) is 3.58. The van der Waals surface area contributed by atoms with Gasteiger partial charge in [0.15, 0.2) is 0 Å². The van der Waals surface area contributed by atoms with Gasteiger partial charge in [0.2, 0.25) is 0 Å². The summed E-state index contributed by atoms with van der Waals surface area (Å²) in [5.41, 5.74) is -0.312. The summed E-state index contributed by atoms with van der Waals surface area (Å²) in [6, 6.07) is 5.47. The van der Waals surface area contributed by atoms with Gasteiger partial charge >= 0.3 is 0 Å².